The lowest BCUT2D eigenvalue weighted by Gasteiger charge is -2.32. The van der Waals surface area contributed by atoms with Crippen LogP contribution in [0.5, 0.6) is 0 Å². The molecule has 0 radical (unpaired) electrons. The number of piperidine rings is 1. The van der Waals surface area contributed by atoms with Gasteiger partial charge in [-0.2, -0.15) is 17.0 Å². The molecule has 142 valence electrons. The van der Waals surface area contributed by atoms with E-state index in [1.165, 1.54) is 22.7 Å². The van der Waals surface area contributed by atoms with Crippen molar-refractivity contribution < 1.29 is 13.2 Å². The van der Waals surface area contributed by atoms with E-state index in [9.17, 15) is 18.0 Å². The fourth-order valence-corrected chi connectivity index (χ4v) is 5.16. The van der Waals surface area contributed by atoms with Crippen LogP contribution in [0.3, 0.4) is 0 Å². The molecular weight excluding hydrogens is 376 g/mol. The summed E-state index contributed by atoms with van der Waals surface area (Å²) in [5.41, 5.74) is 1.43. The molecule has 0 spiro atoms. The molecule has 1 aliphatic rings. The van der Waals surface area contributed by atoms with Gasteiger partial charge in [0.2, 0.25) is 5.91 Å². The lowest BCUT2D eigenvalue weighted by atomic mass is 9.99. The highest BCUT2D eigenvalue weighted by Crippen LogP contribution is 2.24. The van der Waals surface area contributed by atoms with Gasteiger partial charge in [-0.3, -0.25) is 9.59 Å². The Morgan fingerprint density at radius 3 is 2.77 bits per heavy atom. The Morgan fingerprint density at radius 1 is 1.35 bits per heavy atom. The maximum absolute atomic E-state index is 12.6. The largest absolute Gasteiger partial charge is 0.326 e. The molecule has 1 atom stereocenters. The zero-order valence-electron chi connectivity index (χ0n) is 14.9. The van der Waals surface area contributed by atoms with Crippen LogP contribution >= 0.6 is 11.3 Å². The second-order valence-corrected chi connectivity index (χ2v) is 9.72. The van der Waals surface area contributed by atoms with Gasteiger partial charge in [-0.05, 0) is 31.0 Å². The minimum Gasteiger partial charge on any atom is -0.326 e. The van der Waals surface area contributed by atoms with Crippen molar-refractivity contribution in [3.63, 3.8) is 0 Å². The third kappa shape index (κ3) is 3.54. The predicted octanol–water partition coefficient (Wildman–Crippen LogP) is 1.06. The standard InChI is InChI=1S/C16H22N4O4S2/c1-18(2)26(23,24)20-8-4-5-11(10-20)15(21)17-12-6-7-13-14(9-12)25-16(22)19(13)3/h6-7,9,11H,4-5,8,10H2,1-3H3,(H,17,21). The van der Waals surface area contributed by atoms with Crippen molar-refractivity contribution in [3.8, 4) is 0 Å². The number of aryl methyl sites for hydroxylation is 1. The summed E-state index contributed by atoms with van der Waals surface area (Å²) >= 11 is 1.13. The van der Waals surface area contributed by atoms with E-state index in [0.717, 1.165) is 21.6 Å². The molecule has 26 heavy (non-hydrogen) atoms. The second kappa shape index (κ2) is 7.10. The molecular formula is C16H22N4O4S2. The van der Waals surface area contributed by atoms with Crippen LogP contribution < -0.4 is 10.2 Å². The Morgan fingerprint density at radius 2 is 2.08 bits per heavy atom. The summed E-state index contributed by atoms with van der Waals surface area (Å²) in [7, 11) is 1.16. The van der Waals surface area contributed by atoms with Gasteiger partial charge >= 0.3 is 4.87 Å². The smallest absolute Gasteiger partial charge is 0.307 e. The van der Waals surface area contributed by atoms with Gasteiger partial charge in [0.15, 0.2) is 0 Å². The first-order chi connectivity index (χ1) is 12.2. The summed E-state index contributed by atoms with van der Waals surface area (Å²) in [4.78, 5) is 24.3. The molecule has 0 aliphatic carbocycles. The first-order valence-corrected chi connectivity index (χ1v) is 10.5. The van der Waals surface area contributed by atoms with Gasteiger partial charge in [-0.25, -0.2) is 0 Å². The number of hydrogen-bond donors (Lipinski definition) is 1. The zero-order chi connectivity index (χ0) is 19.1. The molecule has 1 saturated heterocycles. The average Bonchev–Trinajstić information content (AvgIpc) is 2.88. The van der Waals surface area contributed by atoms with Crippen molar-refractivity contribution >= 4 is 43.4 Å². The predicted molar refractivity (Wildman–Crippen MR) is 103 cm³/mol. The number of carbonyl (C=O) groups excluding carboxylic acids is 1. The fourth-order valence-electron chi connectivity index (χ4n) is 3.05. The average molecular weight is 399 g/mol. The van der Waals surface area contributed by atoms with E-state index >= 15 is 0 Å². The maximum Gasteiger partial charge on any atom is 0.307 e. The summed E-state index contributed by atoms with van der Waals surface area (Å²) in [6.07, 6.45) is 1.29. The highest BCUT2D eigenvalue weighted by atomic mass is 32.2. The Bertz CT molecular complexity index is 993. The highest BCUT2D eigenvalue weighted by molar-refractivity contribution is 7.86. The number of benzene rings is 1. The second-order valence-electron chi connectivity index (χ2n) is 6.59. The molecule has 8 nitrogen and oxygen atoms in total. The molecule has 1 amide bonds. The number of aromatic nitrogens is 1. The van der Waals surface area contributed by atoms with Crippen LogP contribution in [-0.2, 0) is 22.1 Å². The van der Waals surface area contributed by atoms with Crippen LogP contribution in [-0.4, -0.2) is 54.7 Å². The van der Waals surface area contributed by atoms with Crippen LogP contribution in [0.15, 0.2) is 23.0 Å². The van der Waals surface area contributed by atoms with Crippen LogP contribution in [0, 0.1) is 5.92 Å². The third-order valence-corrected chi connectivity index (χ3v) is 7.50. The first-order valence-electron chi connectivity index (χ1n) is 8.28. The molecule has 1 aliphatic heterocycles. The summed E-state index contributed by atoms with van der Waals surface area (Å²) in [5.74, 6) is -0.602. The van der Waals surface area contributed by atoms with Crippen LogP contribution in [0.4, 0.5) is 5.69 Å². The van der Waals surface area contributed by atoms with E-state index in [1.54, 1.807) is 29.8 Å². The number of thiazole rings is 1. The first kappa shape index (κ1) is 19.0. The molecule has 1 N–H and O–H groups in total. The van der Waals surface area contributed by atoms with Gasteiger partial charge in [-0.1, -0.05) is 11.3 Å². The molecule has 1 aromatic carbocycles. The molecule has 2 aromatic rings. The molecule has 0 saturated carbocycles. The number of nitrogens with one attached hydrogen (secondary N) is 1. The summed E-state index contributed by atoms with van der Waals surface area (Å²) in [5, 5.41) is 2.86. The van der Waals surface area contributed by atoms with Gasteiger partial charge in [0, 0.05) is 39.9 Å². The van der Waals surface area contributed by atoms with Gasteiger partial charge < -0.3 is 9.88 Å². The summed E-state index contributed by atoms with van der Waals surface area (Å²) in [6.45, 7) is 0.599. The number of rotatable bonds is 4. The number of fused-ring (bicyclic) bond motifs is 1. The van der Waals surface area contributed by atoms with Crippen LogP contribution in [0.2, 0.25) is 0 Å². The lowest BCUT2D eigenvalue weighted by molar-refractivity contribution is -0.120. The molecule has 1 aromatic heterocycles. The van der Waals surface area contributed by atoms with Gasteiger partial charge in [0.25, 0.3) is 10.2 Å². The van der Waals surface area contributed by atoms with Crippen molar-refractivity contribution in [2.24, 2.45) is 13.0 Å². The van der Waals surface area contributed by atoms with Gasteiger partial charge in [0.1, 0.15) is 0 Å². The SMILES string of the molecule is CN(C)S(=O)(=O)N1CCCC(C(=O)Nc2ccc3c(c2)sc(=O)n3C)C1. The Balaban J connectivity index is 1.74. The maximum atomic E-state index is 12.6. The van der Waals surface area contributed by atoms with Crippen molar-refractivity contribution in [3.05, 3.63) is 27.9 Å². The Hall–Kier alpha value is -1.75. The van der Waals surface area contributed by atoms with Crippen molar-refractivity contribution in [2.45, 2.75) is 12.8 Å². The Labute approximate surface area is 156 Å². The topological polar surface area (TPSA) is 91.7 Å². The monoisotopic (exact) mass is 398 g/mol. The summed E-state index contributed by atoms with van der Waals surface area (Å²) < 4.78 is 29.5. The van der Waals surface area contributed by atoms with Crippen molar-refractivity contribution in [2.75, 3.05) is 32.5 Å². The zero-order valence-corrected chi connectivity index (χ0v) is 16.6. The van der Waals surface area contributed by atoms with Gasteiger partial charge in [0.05, 0.1) is 16.1 Å². The number of carbonyl (C=O) groups is 1. The normalized spacial score (nSPS) is 19.2. The fraction of sp³-hybridized carbons (Fsp3) is 0.500. The van der Waals surface area contributed by atoms with E-state index in [0.29, 0.717) is 25.1 Å². The van der Waals surface area contributed by atoms with Crippen molar-refractivity contribution in [1.82, 2.24) is 13.2 Å². The van der Waals surface area contributed by atoms with Crippen LogP contribution in [0.25, 0.3) is 10.2 Å². The van der Waals surface area contributed by atoms with Gasteiger partial charge in [-0.15, -0.1) is 0 Å². The lowest BCUT2D eigenvalue weighted by Crippen LogP contribution is -2.47. The summed E-state index contributed by atoms with van der Waals surface area (Å²) in [6, 6.07) is 5.33. The number of anilines is 1. The minimum atomic E-state index is -3.52. The van der Waals surface area contributed by atoms with E-state index < -0.39 is 16.1 Å². The third-order valence-electron chi connectivity index (χ3n) is 4.60. The molecule has 3 rings (SSSR count). The quantitative estimate of drug-likeness (QED) is 0.834. The van der Waals surface area contributed by atoms with Crippen LogP contribution in [0.1, 0.15) is 12.8 Å². The molecule has 0 bridgehead atoms. The van der Waals surface area contributed by atoms with E-state index in [1.807, 2.05) is 0 Å². The highest BCUT2D eigenvalue weighted by Gasteiger charge is 2.33. The molecule has 1 fully saturated rings. The number of hydrogen-bond acceptors (Lipinski definition) is 5. The minimum absolute atomic E-state index is 0.0553. The number of nitrogens with zero attached hydrogens (tertiary/aromatic N) is 3. The van der Waals surface area contributed by atoms with E-state index in [2.05, 4.69) is 5.32 Å². The number of amides is 1. The van der Waals surface area contributed by atoms with Crippen molar-refractivity contribution in [1.29, 1.82) is 0 Å². The van der Waals surface area contributed by atoms with E-state index in [-0.39, 0.29) is 17.3 Å². The molecule has 1 unspecified atom stereocenters. The Kier molecular flexibility index (Phi) is 5.20. The molecule has 10 heteroatoms. The molecule has 2 heterocycles. The van der Waals surface area contributed by atoms with E-state index in [4.69, 9.17) is 0 Å².